The molecular formula is C14H19ClN2O. The maximum atomic E-state index is 6.08. The Bertz CT molecular complexity index is 439. The zero-order chi connectivity index (χ0) is 13.0. The van der Waals surface area contributed by atoms with Crippen LogP contribution in [0.5, 0.6) is 5.75 Å². The molecule has 2 N–H and O–H groups in total. The molecule has 1 aliphatic rings. The summed E-state index contributed by atoms with van der Waals surface area (Å²) >= 11 is 6.06. The first-order valence-electron chi connectivity index (χ1n) is 6.38. The number of amidine groups is 1. The fraction of sp³-hybridized carbons (Fsp3) is 0.500. The van der Waals surface area contributed by atoms with E-state index in [1.807, 2.05) is 12.1 Å². The molecule has 0 heterocycles. The van der Waals surface area contributed by atoms with E-state index in [1.54, 1.807) is 13.2 Å². The van der Waals surface area contributed by atoms with E-state index in [9.17, 15) is 0 Å². The van der Waals surface area contributed by atoms with Gasteiger partial charge in [0.1, 0.15) is 11.6 Å². The summed E-state index contributed by atoms with van der Waals surface area (Å²) < 4.78 is 5.11. The highest BCUT2D eigenvalue weighted by molar-refractivity contribution is 6.32. The zero-order valence-electron chi connectivity index (χ0n) is 10.7. The van der Waals surface area contributed by atoms with Crippen LogP contribution < -0.4 is 10.5 Å². The molecule has 0 radical (unpaired) electrons. The van der Waals surface area contributed by atoms with Crippen LogP contribution in [0, 0.1) is 5.92 Å². The van der Waals surface area contributed by atoms with E-state index in [1.165, 1.54) is 19.3 Å². The Morgan fingerprint density at radius 2 is 2.06 bits per heavy atom. The lowest BCUT2D eigenvalue weighted by molar-refractivity contribution is 0.415. The van der Waals surface area contributed by atoms with Crippen LogP contribution in [0.1, 0.15) is 32.1 Å². The highest BCUT2D eigenvalue weighted by Gasteiger charge is 2.17. The first kappa shape index (κ1) is 13.2. The van der Waals surface area contributed by atoms with Gasteiger partial charge in [-0.05, 0) is 31.0 Å². The fourth-order valence-electron chi connectivity index (χ4n) is 2.36. The molecule has 0 spiro atoms. The quantitative estimate of drug-likeness (QED) is 0.666. The lowest BCUT2D eigenvalue weighted by atomic mass is 9.88. The molecule has 1 saturated carbocycles. The monoisotopic (exact) mass is 266 g/mol. The van der Waals surface area contributed by atoms with Gasteiger partial charge in [-0.1, -0.05) is 30.9 Å². The van der Waals surface area contributed by atoms with Gasteiger partial charge in [-0.3, -0.25) is 0 Å². The van der Waals surface area contributed by atoms with E-state index in [-0.39, 0.29) is 0 Å². The number of methoxy groups -OCH3 is 1. The van der Waals surface area contributed by atoms with E-state index in [0.29, 0.717) is 16.7 Å². The predicted molar refractivity (Wildman–Crippen MR) is 75.9 cm³/mol. The molecule has 1 aromatic carbocycles. The number of nitrogens with zero attached hydrogens (tertiary/aromatic N) is 1. The number of hydrogen-bond acceptors (Lipinski definition) is 2. The largest absolute Gasteiger partial charge is 0.495 e. The molecule has 0 saturated heterocycles. The average molecular weight is 267 g/mol. The van der Waals surface area contributed by atoms with Gasteiger partial charge in [0.15, 0.2) is 0 Å². The van der Waals surface area contributed by atoms with Gasteiger partial charge in [0.05, 0.1) is 17.8 Å². The van der Waals surface area contributed by atoms with Crippen molar-refractivity contribution in [1.29, 1.82) is 0 Å². The highest BCUT2D eigenvalue weighted by Crippen LogP contribution is 2.30. The number of ether oxygens (including phenoxy) is 1. The molecule has 1 aromatic rings. The summed E-state index contributed by atoms with van der Waals surface area (Å²) in [7, 11) is 1.60. The van der Waals surface area contributed by atoms with Crippen molar-refractivity contribution in [1.82, 2.24) is 0 Å². The topological polar surface area (TPSA) is 47.6 Å². The van der Waals surface area contributed by atoms with Gasteiger partial charge in [0.2, 0.25) is 0 Å². The maximum absolute atomic E-state index is 6.08. The normalized spacial score (nSPS) is 17.8. The Morgan fingerprint density at radius 3 is 2.67 bits per heavy atom. The number of aliphatic imine (C=N–C) groups is 1. The summed E-state index contributed by atoms with van der Waals surface area (Å²) in [4.78, 5) is 4.47. The van der Waals surface area contributed by atoms with Gasteiger partial charge in [0, 0.05) is 5.92 Å². The van der Waals surface area contributed by atoms with Gasteiger partial charge in [-0.25, -0.2) is 4.99 Å². The Hall–Kier alpha value is -1.22. The number of benzene rings is 1. The Morgan fingerprint density at radius 1 is 1.33 bits per heavy atom. The first-order chi connectivity index (χ1) is 8.70. The van der Waals surface area contributed by atoms with Crippen molar-refractivity contribution in [3.05, 3.63) is 23.2 Å². The molecule has 98 valence electrons. The van der Waals surface area contributed by atoms with Crippen LogP contribution in [0.3, 0.4) is 0 Å². The molecule has 1 aliphatic carbocycles. The van der Waals surface area contributed by atoms with Gasteiger partial charge >= 0.3 is 0 Å². The van der Waals surface area contributed by atoms with Crippen LogP contribution in [0.15, 0.2) is 23.2 Å². The maximum Gasteiger partial charge on any atom is 0.137 e. The van der Waals surface area contributed by atoms with Crippen LogP contribution in [0.2, 0.25) is 5.02 Å². The second kappa shape index (κ2) is 6.10. The SMILES string of the molecule is COc1ccc(N=C(N)C2CCCCC2)cc1Cl. The van der Waals surface area contributed by atoms with Crippen LogP contribution in [0.25, 0.3) is 0 Å². The van der Waals surface area contributed by atoms with E-state index in [0.717, 1.165) is 24.4 Å². The van der Waals surface area contributed by atoms with Gasteiger partial charge in [-0.15, -0.1) is 0 Å². The molecular weight excluding hydrogens is 248 g/mol. The predicted octanol–water partition coefficient (Wildman–Crippen LogP) is 3.92. The van der Waals surface area contributed by atoms with Crippen molar-refractivity contribution in [2.45, 2.75) is 32.1 Å². The Labute approximate surface area is 113 Å². The summed E-state index contributed by atoms with van der Waals surface area (Å²) in [6, 6.07) is 5.48. The van der Waals surface area contributed by atoms with Crippen LogP contribution in [-0.4, -0.2) is 12.9 Å². The summed E-state index contributed by atoms with van der Waals surface area (Å²) in [5.74, 6) is 1.82. The molecule has 0 unspecified atom stereocenters. The summed E-state index contributed by atoms with van der Waals surface area (Å²) in [6.07, 6.45) is 6.13. The smallest absolute Gasteiger partial charge is 0.137 e. The van der Waals surface area contributed by atoms with Crippen LogP contribution in [-0.2, 0) is 0 Å². The first-order valence-corrected chi connectivity index (χ1v) is 6.76. The number of halogens is 1. The molecule has 0 amide bonds. The molecule has 0 aliphatic heterocycles. The van der Waals surface area contributed by atoms with E-state index >= 15 is 0 Å². The molecule has 1 fully saturated rings. The number of nitrogens with two attached hydrogens (primary N) is 1. The lowest BCUT2D eigenvalue weighted by Gasteiger charge is -2.20. The van der Waals surface area contributed by atoms with Crippen LogP contribution in [0.4, 0.5) is 5.69 Å². The number of hydrogen-bond donors (Lipinski definition) is 1. The highest BCUT2D eigenvalue weighted by atomic mass is 35.5. The molecule has 0 bridgehead atoms. The fourth-order valence-corrected chi connectivity index (χ4v) is 2.62. The number of rotatable bonds is 3. The lowest BCUT2D eigenvalue weighted by Crippen LogP contribution is -2.25. The second-order valence-corrected chi connectivity index (χ2v) is 5.10. The molecule has 0 atom stereocenters. The van der Waals surface area contributed by atoms with Crippen molar-refractivity contribution in [3.63, 3.8) is 0 Å². The molecule has 4 heteroatoms. The Kier molecular flexibility index (Phi) is 4.48. The van der Waals surface area contributed by atoms with Crippen LogP contribution >= 0.6 is 11.6 Å². The molecule has 3 nitrogen and oxygen atoms in total. The molecule has 18 heavy (non-hydrogen) atoms. The Balaban J connectivity index is 2.13. The minimum Gasteiger partial charge on any atom is -0.495 e. The summed E-state index contributed by atoms with van der Waals surface area (Å²) in [5.41, 5.74) is 6.87. The molecule has 0 aromatic heterocycles. The third kappa shape index (κ3) is 3.16. The van der Waals surface area contributed by atoms with Crippen molar-refractivity contribution in [2.24, 2.45) is 16.6 Å². The van der Waals surface area contributed by atoms with E-state index < -0.39 is 0 Å². The van der Waals surface area contributed by atoms with E-state index in [4.69, 9.17) is 22.1 Å². The third-order valence-corrected chi connectivity index (χ3v) is 3.71. The van der Waals surface area contributed by atoms with Gasteiger partial charge < -0.3 is 10.5 Å². The van der Waals surface area contributed by atoms with Gasteiger partial charge in [0.25, 0.3) is 0 Å². The summed E-state index contributed by atoms with van der Waals surface area (Å²) in [6.45, 7) is 0. The van der Waals surface area contributed by atoms with Gasteiger partial charge in [-0.2, -0.15) is 0 Å². The van der Waals surface area contributed by atoms with Crippen molar-refractivity contribution < 1.29 is 4.74 Å². The van der Waals surface area contributed by atoms with Crippen molar-refractivity contribution in [2.75, 3.05) is 7.11 Å². The van der Waals surface area contributed by atoms with E-state index in [2.05, 4.69) is 4.99 Å². The third-order valence-electron chi connectivity index (χ3n) is 3.42. The van der Waals surface area contributed by atoms with Crippen molar-refractivity contribution >= 4 is 23.1 Å². The zero-order valence-corrected chi connectivity index (χ0v) is 11.4. The van der Waals surface area contributed by atoms with Crippen molar-refractivity contribution in [3.8, 4) is 5.75 Å². The minimum atomic E-state index is 0.430. The average Bonchev–Trinajstić information content (AvgIpc) is 2.40. The standard InChI is InChI=1S/C14H19ClN2O/c1-18-13-8-7-11(9-12(13)15)17-14(16)10-5-3-2-4-6-10/h7-10H,2-6H2,1H3,(H2,16,17). The second-order valence-electron chi connectivity index (χ2n) is 4.69. The summed E-state index contributed by atoms with van der Waals surface area (Å²) in [5, 5.41) is 0.565. The molecule has 2 rings (SSSR count). The minimum absolute atomic E-state index is 0.430.